The monoisotopic (exact) mass is 628 g/mol. The van der Waals surface area contributed by atoms with Crippen LogP contribution in [0.3, 0.4) is 0 Å². The molecule has 0 bridgehead atoms. The molecular weight excluding hydrogens is 584 g/mol. The summed E-state index contributed by atoms with van der Waals surface area (Å²) in [5.41, 5.74) is 4.64. The maximum atomic E-state index is 12.6. The Labute approximate surface area is 264 Å². The summed E-state index contributed by atoms with van der Waals surface area (Å²) in [5.74, 6) is -1.58. The van der Waals surface area contributed by atoms with Crippen molar-refractivity contribution in [2.75, 3.05) is 36.9 Å². The second-order valence-electron chi connectivity index (χ2n) is 10.6. The van der Waals surface area contributed by atoms with E-state index in [2.05, 4.69) is 21.3 Å². The number of fused-ring (bicyclic) bond motifs is 3. The van der Waals surface area contributed by atoms with E-state index >= 15 is 0 Å². The Morgan fingerprint density at radius 1 is 0.750 bits per heavy atom. The SMILES string of the molecule is [3H]SOCC(=O)OCC1c2cc(NC(=O)CCCC(=O)NCCC)ccc2-c2ccc(NC(=O)CCCC(=O)NCCC)cc21. The van der Waals surface area contributed by atoms with Gasteiger partial charge in [-0.2, -0.15) is 0 Å². The van der Waals surface area contributed by atoms with Gasteiger partial charge in [0, 0.05) is 56.1 Å². The molecule has 0 aromatic heterocycles. The zero-order valence-corrected chi connectivity index (χ0v) is 26.1. The van der Waals surface area contributed by atoms with Gasteiger partial charge in [0.15, 0.2) is 6.61 Å². The molecule has 4 N–H and O–H groups in total. The van der Waals surface area contributed by atoms with Crippen molar-refractivity contribution in [3.63, 3.8) is 0 Å². The Kier molecular flexibility index (Phi) is 13.5. The lowest BCUT2D eigenvalue weighted by Gasteiger charge is -2.16. The van der Waals surface area contributed by atoms with E-state index in [1.54, 1.807) is 12.1 Å². The van der Waals surface area contributed by atoms with Crippen molar-refractivity contribution in [3.8, 4) is 11.1 Å². The van der Waals surface area contributed by atoms with Gasteiger partial charge in [0.05, 0.1) is 0 Å². The number of rotatable bonds is 19. The minimum Gasteiger partial charge on any atom is -0.463 e. The van der Waals surface area contributed by atoms with Crippen LogP contribution < -0.4 is 21.3 Å². The zero-order valence-electron chi connectivity index (χ0n) is 26.3. The highest BCUT2D eigenvalue weighted by molar-refractivity contribution is 7.75. The average molecular weight is 629 g/mol. The van der Waals surface area contributed by atoms with Crippen molar-refractivity contribution in [2.24, 2.45) is 0 Å². The van der Waals surface area contributed by atoms with Crippen LogP contribution >= 0.6 is 12.8 Å². The lowest BCUT2D eigenvalue weighted by molar-refractivity contribution is -0.145. The molecule has 2 aromatic rings. The number of ether oxygens (including phenoxy) is 1. The van der Waals surface area contributed by atoms with Gasteiger partial charge in [-0.3, -0.25) is 19.2 Å². The third kappa shape index (κ3) is 10.7. The second kappa shape index (κ2) is 18.0. The van der Waals surface area contributed by atoms with Crippen LogP contribution in [0.25, 0.3) is 11.1 Å². The molecule has 1 aliphatic rings. The quantitative estimate of drug-likeness (QED) is 0.0875. The summed E-state index contributed by atoms with van der Waals surface area (Å²) in [4.78, 5) is 61.1. The van der Waals surface area contributed by atoms with E-state index in [-0.39, 0.29) is 68.4 Å². The van der Waals surface area contributed by atoms with E-state index in [1.165, 1.54) is 0 Å². The van der Waals surface area contributed by atoms with Crippen molar-refractivity contribution in [3.05, 3.63) is 47.5 Å². The van der Waals surface area contributed by atoms with Crippen LogP contribution in [0.4, 0.5) is 11.4 Å². The molecule has 0 radical (unpaired) electrons. The molecule has 4 amide bonds. The molecule has 0 saturated heterocycles. The Balaban J connectivity index is 1.70. The molecule has 2 aromatic carbocycles. The maximum absolute atomic E-state index is 12.6. The minimum absolute atomic E-state index is 0.0145. The summed E-state index contributed by atoms with van der Waals surface area (Å²) in [6, 6.07) is 11.1. The van der Waals surface area contributed by atoms with Crippen molar-refractivity contribution in [1.82, 2.24) is 10.6 Å². The van der Waals surface area contributed by atoms with E-state index in [4.69, 9.17) is 10.0 Å². The van der Waals surface area contributed by atoms with Gasteiger partial charge < -0.3 is 30.2 Å². The Morgan fingerprint density at radius 3 is 1.68 bits per heavy atom. The molecule has 1 aliphatic carbocycles. The molecule has 0 fully saturated rings. The maximum Gasteiger partial charge on any atom is 0.333 e. The highest BCUT2D eigenvalue weighted by Gasteiger charge is 2.31. The first-order valence-corrected chi connectivity index (χ1v) is 15.4. The predicted octanol–water partition coefficient (Wildman–Crippen LogP) is 4.47. The highest BCUT2D eigenvalue weighted by atomic mass is 32.1. The number of carbonyl (C=O) groups excluding carboxylic acids is 5. The normalized spacial score (nSPS) is 12.0. The van der Waals surface area contributed by atoms with E-state index in [1.807, 2.05) is 38.1 Å². The van der Waals surface area contributed by atoms with Crippen molar-refractivity contribution in [2.45, 2.75) is 71.1 Å². The summed E-state index contributed by atoms with van der Waals surface area (Å²) in [6.07, 6.45) is 3.49. The molecular formula is C32H42N4O7S. The molecule has 12 heteroatoms. The van der Waals surface area contributed by atoms with Gasteiger partial charge in [0.2, 0.25) is 23.6 Å². The van der Waals surface area contributed by atoms with Crippen LogP contribution in [-0.4, -0.2) is 57.0 Å². The number of esters is 1. The predicted molar refractivity (Wildman–Crippen MR) is 171 cm³/mol. The van der Waals surface area contributed by atoms with E-state index in [9.17, 15) is 24.0 Å². The van der Waals surface area contributed by atoms with E-state index in [0.29, 0.717) is 50.1 Å². The van der Waals surface area contributed by atoms with Gasteiger partial charge in [0.25, 0.3) is 0 Å². The lowest BCUT2D eigenvalue weighted by atomic mass is 9.97. The van der Waals surface area contributed by atoms with Crippen LogP contribution in [0.15, 0.2) is 36.4 Å². The van der Waals surface area contributed by atoms with Crippen LogP contribution in [0, 0.1) is 0 Å². The van der Waals surface area contributed by atoms with Gasteiger partial charge in [-0.1, -0.05) is 26.0 Å². The van der Waals surface area contributed by atoms with Crippen LogP contribution in [-0.2, 0) is 32.9 Å². The summed E-state index contributed by atoms with van der Waals surface area (Å²) >= 11 is 0.326. The molecule has 0 heterocycles. The molecule has 11 nitrogen and oxygen atoms in total. The third-order valence-electron chi connectivity index (χ3n) is 7.06. The first-order chi connectivity index (χ1) is 21.7. The number of benzene rings is 2. The summed E-state index contributed by atoms with van der Waals surface area (Å²) in [6.45, 7) is 4.79. The summed E-state index contributed by atoms with van der Waals surface area (Å²) in [7, 11) is 0. The molecule has 0 spiro atoms. The molecule has 44 heavy (non-hydrogen) atoms. The number of thiol groups is 1. The fourth-order valence-electron chi connectivity index (χ4n) is 4.93. The third-order valence-corrected chi connectivity index (χ3v) is 7.18. The number of nitrogens with one attached hydrogen (secondary N) is 4. The Bertz CT molecular complexity index is 1270. The fourth-order valence-corrected chi connectivity index (χ4v) is 5.03. The topological polar surface area (TPSA) is 152 Å². The number of anilines is 2. The van der Waals surface area contributed by atoms with Crippen molar-refractivity contribution >= 4 is 53.8 Å². The highest BCUT2D eigenvalue weighted by Crippen LogP contribution is 2.47. The van der Waals surface area contributed by atoms with Gasteiger partial charge >= 0.3 is 5.97 Å². The van der Waals surface area contributed by atoms with Gasteiger partial charge in [0.1, 0.15) is 7.73 Å². The second-order valence-corrected chi connectivity index (χ2v) is 10.8. The fraction of sp³-hybridized carbons (Fsp3) is 0.469. The molecule has 0 unspecified atom stereocenters. The Morgan fingerprint density at radius 2 is 1.23 bits per heavy atom. The zero-order chi connectivity index (χ0) is 32.6. The van der Waals surface area contributed by atoms with Crippen LogP contribution in [0.5, 0.6) is 0 Å². The Hall–Kier alpha value is -3.90. The van der Waals surface area contributed by atoms with E-state index in [0.717, 1.165) is 35.1 Å². The van der Waals surface area contributed by atoms with Crippen LogP contribution in [0.1, 0.15) is 82.3 Å². The van der Waals surface area contributed by atoms with Crippen molar-refractivity contribution in [1.29, 1.82) is 1.12 Å². The molecule has 0 saturated carbocycles. The first-order valence-electron chi connectivity index (χ1n) is 15.5. The average Bonchev–Trinajstić information content (AvgIpc) is 3.32. The number of carbonyl (C=O) groups is 5. The van der Waals surface area contributed by atoms with E-state index < -0.39 is 5.97 Å². The smallest absolute Gasteiger partial charge is 0.333 e. The largest absolute Gasteiger partial charge is 0.463 e. The standard InChI is InChI=1S/C32H42N4O7S/c1-3-15-33-28(37)7-5-9-30(39)35-21-11-13-23-24-14-12-22(36-31(40)10-6-8-29(38)34-16-4-2)18-26(24)27(25(23)17-21)19-42-32(41)20-43-44/h11-14,17-18,27,44H,3-10,15-16,19-20H2,1-2H3,(H,33,37)(H,34,38)(H,35,39)(H,36,40)/i/hT. The molecule has 0 aliphatic heterocycles. The van der Waals surface area contributed by atoms with Gasteiger partial charge in [-0.05, 0) is 85.0 Å². The number of amides is 4. The lowest BCUT2D eigenvalue weighted by Crippen LogP contribution is -2.24. The van der Waals surface area contributed by atoms with Gasteiger partial charge in [-0.15, -0.1) is 0 Å². The summed E-state index contributed by atoms with van der Waals surface area (Å²) in [5, 5.41) is 11.4. The first kappa shape index (κ1) is 33.0. The minimum atomic E-state index is -0.621. The molecule has 238 valence electrons. The van der Waals surface area contributed by atoms with Crippen LogP contribution in [0.2, 0.25) is 0 Å². The molecule has 3 rings (SSSR count). The van der Waals surface area contributed by atoms with Crippen molar-refractivity contribution < 1.29 is 32.9 Å². The number of hydrogen-bond donors (Lipinski definition) is 5. The molecule has 0 atom stereocenters. The van der Waals surface area contributed by atoms with Gasteiger partial charge in [-0.25, -0.2) is 4.79 Å². The number of hydrogen-bond acceptors (Lipinski definition) is 8. The summed E-state index contributed by atoms with van der Waals surface area (Å²) < 4.78 is 17.3.